The van der Waals surface area contributed by atoms with Crippen LogP contribution in [0, 0.1) is 23.7 Å². The second-order valence-electron chi connectivity index (χ2n) is 7.99. The first-order valence-electron chi connectivity index (χ1n) is 9.55. The highest BCUT2D eigenvalue weighted by molar-refractivity contribution is 4.80. The summed E-state index contributed by atoms with van der Waals surface area (Å²) in [5.41, 5.74) is 0. The van der Waals surface area contributed by atoms with E-state index in [-0.39, 0.29) is 6.29 Å². The Kier molecular flexibility index (Phi) is 6.17. The monoisotopic (exact) mass is 310 g/mol. The molecular weight excluding hydrogens is 276 g/mol. The van der Waals surface area contributed by atoms with Gasteiger partial charge in [0.1, 0.15) is 0 Å². The molecule has 0 amide bonds. The molecule has 2 atom stereocenters. The molecule has 0 radical (unpaired) electrons. The van der Waals surface area contributed by atoms with Crippen molar-refractivity contribution < 1.29 is 14.2 Å². The Bertz CT molecular complexity index is 309. The van der Waals surface area contributed by atoms with Crippen molar-refractivity contribution in [3.63, 3.8) is 0 Å². The van der Waals surface area contributed by atoms with Crippen molar-refractivity contribution in [3.05, 3.63) is 0 Å². The van der Waals surface area contributed by atoms with Crippen LogP contribution in [0.2, 0.25) is 0 Å². The zero-order chi connectivity index (χ0) is 15.4. The SMILES string of the molecule is CC1CCC(C2CCC(CCC3COC(C)OC3)OC2)CC1. The topological polar surface area (TPSA) is 27.7 Å². The third-order valence-electron chi connectivity index (χ3n) is 6.16. The van der Waals surface area contributed by atoms with Crippen molar-refractivity contribution >= 4 is 0 Å². The maximum atomic E-state index is 6.20. The summed E-state index contributed by atoms with van der Waals surface area (Å²) in [6.45, 7) is 7.11. The van der Waals surface area contributed by atoms with Gasteiger partial charge in [-0.25, -0.2) is 0 Å². The number of hydrogen-bond donors (Lipinski definition) is 0. The number of ether oxygens (including phenoxy) is 3. The quantitative estimate of drug-likeness (QED) is 0.770. The van der Waals surface area contributed by atoms with Gasteiger partial charge in [-0.3, -0.25) is 0 Å². The molecular formula is C19H34O3. The molecule has 3 aliphatic rings. The molecule has 3 rings (SSSR count). The molecule has 0 spiro atoms. The lowest BCUT2D eigenvalue weighted by atomic mass is 9.74. The first-order valence-corrected chi connectivity index (χ1v) is 9.55. The van der Waals surface area contributed by atoms with E-state index in [4.69, 9.17) is 14.2 Å². The summed E-state index contributed by atoms with van der Waals surface area (Å²) in [5.74, 6) is 3.30. The van der Waals surface area contributed by atoms with Crippen molar-refractivity contribution in [2.75, 3.05) is 19.8 Å². The highest BCUT2D eigenvalue weighted by Crippen LogP contribution is 2.38. The molecule has 0 aromatic rings. The van der Waals surface area contributed by atoms with Gasteiger partial charge >= 0.3 is 0 Å². The van der Waals surface area contributed by atoms with E-state index in [9.17, 15) is 0 Å². The smallest absolute Gasteiger partial charge is 0.154 e. The van der Waals surface area contributed by atoms with Crippen molar-refractivity contribution in [3.8, 4) is 0 Å². The van der Waals surface area contributed by atoms with E-state index < -0.39 is 0 Å². The molecule has 3 fully saturated rings. The van der Waals surface area contributed by atoms with E-state index in [1.165, 1.54) is 51.4 Å². The Balaban J connectivity index is 1.32. The average molecular weight is 310 g/mol. The molecule has 22 heavy (non-hydrogen) atoms. The zero-order valence-corrected chi connectivity index (χ0v) is 14.5. The Morgan fingerprint density at radius 2 is 1.36 bits per heavy atom. The minimum atomic E-state index is -0.0128. The Hall–Kier alpha value is -0.120. The van der Waals surface area contributed by atoms with E-state index in [2.05, 4.69) is 6.92 Å². The second-order valence-corrected chi connectivity index (χ2v) is 7.99. The third-order valence-corrected chi connectivity index (χ3v) is 6.16. The molecule has 128 valence electrons. The molecule has 0 aromatic heterocycles. The molecule has 2 heterocycles. The molecule has 3 heteroatoms. The summed E-state index contributed by atoms with van der Waals surface area (Å²) < 4.78 is 17.3. The summed E-state index contributed by atoms with van der Waals surface area (Å²) in [4.78, 5) is 0. The van der Waals surface area contributed by atoms with Gasteiger partial charge < -0.3 is 14.2 Å². The normalized spacial score (nSPS) is 43.9. The van der Waals surface area contributed by atoms with E-state index in [1.807, 2.05) is 6.92 Å². The van der Waals surface area contributed by atoms with E-state index >= 15 is 0 Å². The fourth-order valence-corrected chi connectivity index (χ4v) is 4.41. The summed E-state index contributed by atoms with van der Waals surface area (Å²) in [7, 11) is 0. The average Bonchev–Trinajstić information content (AvgIpc) is 2.56. The van der Waals surface area contributed by atoms with Crippen LogP contribution in [0.4, 0.5) is 0 Å². The van der Waals surface area contributed by atoms with Gasteiger partial charge in [0.05, 0.1) is 25.9 Å². The number of rotatable bonds is 4. The third kappa shape index (κ3) is 4.69. The molecule has 0 bridgehead atoms. The van der Waals surface area contributed by atoms with Crippen LogP contribution in [0.3, 0.4) is 0 Å². The number of hydrogen-bond acceptors (Lipinski definition) is 3. The summed E-state index contributed by atoms with van der Waals surface area (Å²) >= 11 is 0. The molecule has 2 saturated heterocycles. The van der Waals surface area contributed by atoms with E-state index in [0.29, 0.717) is 12.0 Å². The fourth-order valence-electron chi connectivity index (χ4n) is 4.41. The largest absolute Gasteiger partial charge is 0.378 e. The molecule has 1 aliphatic carbocycles. The van der Waals surface area contributed by atoms with Gasteiger partial charge in [-0.15, -0.1) is 0 Å². The maximum Gasteiger partial charge on any atom is 0.154 e. The first-order chi connectivity index (χ1) is 10.7. The lowest BCUT2D eigenvalue weighted by molar-refractivity contribution is -0.192. The van der Waals surface area contributed by atoms with Crippen LogP contribution < -0.4 is 0 Å². The van der Waals surface area contributed by atoms with Crippen LogP contribution in [0.25, 0.3) is 0 Å². The van der Waals surface area contributed by atoms with Gasteiger partial charge in [-0.1, -0.05) is 19.8 Å². The highest BCUT2D eigenvalue weighted by Gasteiger charge is 2.31. The van der Waals surface area contributed by atoms with Crippen LogP contribution >= 0.6 is 0 Å². The lowest BCUT2D eigenvalue weighted by Gasteiger charge is -2.37. The standard InChI is InChI=1S/C19H34O3/c1-14-3-6-17(7-4-14)18-8-10-19(22-13-18)9-5-16-11-20-15(2)21-12-16/h14-19H,3-13H2,1-2H3. The van der Waals surface area contributed by atoms with Gasteiger partial charge in [0, 0.05) is 5.92 Å². The van der Waals surface area contributed by atoms with Gasteiger partial charge in [-0.2, -0.15) is 0 Å². The summed E-state index contributed by atoms with van der Waals surface area (Å²) in [6, 6.07) is 0. The van der Waals surface area contributed by atoms with Crippen molar-refractivity contribution in [1.29, 1.82) is 0 Å². The molecule has 2 unspecified atom stereocenters. The van der Waals surface area contributed by atoms with Gasteiger partial charge in [0.15, 0.2) is 6.29 Å². The molecule has 2 aliphatic heterocycles. The lowest BCUT2D eigenvalue weighted by Crippen LogP contribution is -2.34. The first kappa shape index (κ1) is 16.7. The highest BCUT2D eigenvalue weighted by atomic mass is 16.7. The molecule has 0 aromatic carbocycles. The predicted molar refractivity (Wildman–Crippen MR) is 87.7 cm³/mol. The fraction of sp³-hybridized carbons (Fsp3) is 1.00. The van der Waals surface area contributed by atoms with Crippen LogP contribution in [-0.2, 0) is 14.2 Å². The van der Waals surface area contributed by atoms with Gasteiger partial charge in [-0.05, 0) is 63.2 Å². The van der Waals surface area contributed by atoms with Crippen LogP contribution in [0.5, 0.6) is 0 Å². The van der Waals surface area contributed by atoms with E-state index in [1.54, 1.807) is 0 Å². The van der Waals surface area contributed by atoms with E-state index in [0.717, 1.165) is 37.6 Å². The molecule has 3 nitrogen and oxygen atoms in total. The van der Waals surface area contributed by atoms with Crippen LogP contribution in [0.1, 0.15) is 65.2 Å². The Morgan fingerprint density at radius 1 is 0.682 bits per heavy atom. The van der Waals surface area contributed by atoms with Gasteiger partial charge in [0.2, 0.25) is 0 Å². The maximum absolute atomic E-state index is 6.20. The molecule has 0 N–H and O–H groups in total. The van der Waals surface area contributed by atoms with Crippen molar-refractivity contribution in [2.24, 2.45) is 23.7 Å². The Labute approximate surface area is 136 Å². The zero-order valence-electron chi connectivity index (χ0n) is 14.5. The van der Waals surface area contributed by atoms with Crippen molar-refractivity contribution in [1.82, 2.24) is 0 Å². The minimum Gasteiger partial charge on any atom is -0.378 e. The minimum absolute atomic E-state index is 0.0128. The van der Waals surface area contributed by atoms with Gasteiger partial charge in [0.25, 0.3) is 0 Å². The summed E-state index contributed by atoms with van der Waals surface area (Å²) in [6.07, 6.45) is 11.2. The summed E-state index contributed by atoms with van der Waals surface area (Å²) in [5, 5.41) is 0. The van der Waals surface area contributed by atoms with Crippen LogP contribution in [-0.4, -0.2) is 32.2 Å². The van der Waals surface area contributed by atoms with Crippen LogP contribution in [0.15, 0.2) is 0 Å². The van der Waals surface area contributed by atoms with Crippen molar-refractivity contribution in [2.45, 2.75) is 77.6 Å². The Morgan fingerprint density at radius 3 is 2.00 bits per heavy atom. The molecule has 1 saturated carbocycles. The predicted octanol–water partition coefficient (Wildman–Crippen LogP) is 4.40. The second kappa shape index (κ2) is 8.12.